The number of carboxylic acid groups (broad SMARTS) is 1. The van der Waals surface area contributed by atoms with Gasteiger partial charge in [-0.15, -0.1) is 0 Å². The molecule has 0 unspecified atom stereocenters. The number of nitrogens with zero attached hydrogens (tertiary/aromatic N) is 2. The summed E-state index contributed by atoms with van der Waals surface area (Å²) >= 11 is 0. The van der Waals surface area contributed by atoms with Crippen molar-refractivity contribution in [2.75, 3.05) is 0 Å². The van der Waals surface area contributed by atoms with Crippen molar-refractivity contribution in [2.24, 2.45) is 0 Å². The Morgan fingerprint density at radius 1 is 1.23 bits per heavy atom. The summed E-state index contributed by atoms with van der Waals surface area (Å²) in [5.74, 6) is -0.952. The fourth-order valence-corrected chi connectivity index (χ4v) is 2.70. The van der Waals surface area contributed by atoms with E-state index >= 15 is 0 Å². The minimum Gasteiger partial charge on any atom is -0.477 e. The van der Waals surface area contributed by atoms with Crippen LogP contribution in [0.25, 0.3) is 10.9 Å². The molecular formula is C18H14N2O2. The molecule has 4 nitrogen and oxygen atoms in total. The van der Waals surface area contributed by atoms with Gasteiger partial charge >= 0.3 is 5.97 Å². The van der Waals surface area contributed by atoms with Gasteiger partial charge in [0.1, 0.15) is 5.69 Å². The minimum absolute atomic E-state index is 0.256. The topological polar surface area (TPSA) is 66.0 Å². The van der Waals surface area contributed by atoms with Crippen LogP contribution in [0.15, 0.2) is 48.5 Å². The molecule has 108 valence electrons. The molecule has 0 atom stereocenters. The molecule has 1 N–H and O–H groups in total. The Labute approximate surface area is 127 Å². The van der Waals surface area contributed by atoms with Gasteiger partial charge in [-0.2, -0.15) is 5.26 Å². The van der Waals surface area contributed by atoms with E-state index in [1.54, 1.807) is 22.8 Å². The summed E-state index contributed by atoms with van der Waals surface area (Å²) in [6.07, 6.45) is 0. The van der Waals surface area contributed by atoms with E-state index in [4.69, 9.17) is 5.26 Å². The lowest BCUT2D eigenvalue weighted by atomic mass is 10.1. The lowest BCUT2D eigenvalue weighted by Crippen LogP contribution is -2.09. The zero-order valence-electron chi connectivity index (χ0n) is 12.1. The molecule has 0 bridgehead atoms. The monoisotopic (exact) mass is 290 g/mol. The number of carboxylic acids is 1. The van der Waals surface area contributed by atoms with E-state index in [1.165, 1.54) is 0 Å². The van der Waals surface area contributed by atoms with Gasteiger partial charge in [0.15, 0.2) is 0 Å². The number of aryl methyl sites for hydroxylation is 1. The maximum Gasteiger partial charge on any atom is 0.352 e. The first-order valence-corrected chi connectivity index (χ1v) is 6.91. The van der Waals surface area contributed by atoms with Crippen LogP contribution in [0.4, 0.5) is 0 Å². The molecule has 3 rings (SSSR count). The number of aromatic nitrogens is 1. The van der Waals surface area contributed by atoms with Crippen molar-refractivity contribution in [3.8, 4) is 6.07 Å². The molecule has 0 spiro atoms. The first-order chi connectivity index (χ1) is 10.6. The summed E-state index contributed by atoms with van der Waals surface area (Å²) in [6.45, 7) is 2.39. The molecule has 0 aliphatic rings. The average Bonchev–Trinajstić information content (AvgIpc) is 2.88. The third-order valence-electron chi connectivity index (χ3n) is 3.78. The number of rotatable bonds is 3. The highest BCUT2D eigenvalue weighted by atomic mass is 16.4. The number of hydrogen-bond donors (Lipinski definition) is 1. The highest BCUT2D eigenvalue weighted by Crippen LogP contribution is 2.24. The van der Waals surface area contributed by atoms with Crippen molar-refractivity contribution in [2.45, 2.75) is 13.5 Å². The molecule has 0 amide bonds. The van der Waals surface area contributed by atoms with Gasteiger partial charge in [-0.3, -0.25) is 0 Å². The summed E-state index contributed by atoms with van der Waals surface area (Å²) in [4.78, 5) is 11.5. The van der Waals surface area contributed by atoms with E-state index in [0.29, 0.717) is 12.1 Å². The van der Waals surface area contributed by atoms with Crippen molar-refractivity contribution in [3.05, 3.63) is 70.9 Å². The first kappa shape index (κ1) is 13.9. The Kier molecular flexibility index (Phi) is 3.40. The highest BCUT2D eigenvalue weighted by molar-refractivity contribution is 5.95. The molecule has 0 saturated carbocycles. The third-order valence-corrected chi connectivity index (χ3v) is 3.78. The van der Waals surface area contributed by atoms with Gasteiger partial charge in [0.05, 0.1) is 11.6 Å². The van der Waals surface area contributed by atoms with Gasteiger partial charge in [-0.1, -0.05) is 24.3 Å². The van der Waals surface area contributed by atoms with Crippen molar-refractivity contribution < 1.29 is 9.90 Å². The molecule has 2 aromatic carbocycles. The summed E-state index contributed by atoms with van der Waals surface area (Å²) in [5.41, 5.74) is 3.67. The van der Waals surface area contributed by atoms with Crippen molar-refractivity contribution in [1.29, 1.82) is 5.26 Å². The van der Waals surface area contributed by atoms with Crippen LogP contribution in [0.3, 0.4) is 0 Å². The molecule has 0 fully saturated rings. The smallest absolute Gasteiger partial charge is 0.352 e. The minimum atomic E-state index is -0.952. The molecule has 22 heavy (non-hydrogen) atoms. The number of aromatic carboxylic acids is 1. The molecule has 1 aromatic heterocycles. The van der Waals surface area contributed by atoms with Gasteiger partial charge in [0.25, 0.3) is 0 Å². The summed E-state index contributed by atoms with van der Waals surface area (Å²) in [5, 5.41) is 19.4. The largest absolute Gasteiger partial charge is 0.477 e. The average molecular weight is 290 g/mol. The molecule has 0 radical (unpaired) electrons. The van der Waals surface area contributed by atoms with Crippen LogP contribution < -0.4 is 0 Å². The van der Waals surface area contributed by atoms with E-state index in [1.807, 2.05) is 37.3 Å². The van der Waals surface area contributed by atoms with Crippen LogP contribution >= 0.6 is 0 Å². The van der Waals surface area contributed by atoms with Crippen LogP contribution in [0.1, 0.15) is 27.2 Å². The zero-order chi connectivity index (χ0) is 15.7. The standard InChI is InChI=1S/C18H14N2O2/c1-12-4-2-7-16-15(12)9-17(18(21)22)20(16)11-14-6-3-5-13(8-14)10-19/h2-9H,11H2,1H3,(H,21,22). The first-order valence-electron chi connectivity index (χ1n) is 6.91. The molecule has 0 aliphatic carbocycles. The fourth-order valence-electron chi connectivity index (χ4n) is 2.70. The Bertz CT molecular complexity index is 916. The van der Waals surface area contributed by atoms with E-state index in [-0.39, 0.29) is 5.69 Å². The van der Waals surface area contributed by atoms with E-state index in [0.717, 1.165) is 22.0 Å². The Balaban J connectivity index is 2.16. The normalized spacial score (nSPS) is 10.5. The molecule has 4 heteroatoms. The second-order valence-electron chi connectivity index (χ2n) is 5.24. The van der Waals surface area contributed by atoms with Gasteiger partial charge in [0, 0.05) is 17.4 Å². The van der Waals surface area contributed by atoms with Crippen LogP contribution in [0.5, 0.6) is 0 Å². The lowest BCUT2D eigenvalue weighted by molar-refractivity contribution is 0.0686. The molecule has 0 saturated heterocycles. The lowest BCUT2D eigenvalue weighted by Gasteiger charge is -2.09. The molecule has 0 aliphatic heterocycles. The summed E-state index contributed by atoms with van der Waals surface area (Å²) < 4.78 is 1.78. The number of benzene rings is 2. The number of hydrogen-bond acceptors (Lipinski definition) is 2. The predicted octanol–water partition coefficient (Wildman–Crippen LogP) is 3.57. The number of nitriles is 1. The zero-order valence-corrected chi connectivity index (χ0v) is 12.1. The third kappa shape index (κ3) is 2.33. The Hall–Kier alpha value is -3.06. The maximum absolute atomic E-state index is 11.5. The second kappa shape index (κ2) is 5.38. The van der Waals surface area contributed by atoms with Crippen molar-refractivity contribution in [1.82, 2.24) is 4.57 Å². The van der Waals surface area contributed by atoms with E-state index in [9.17, 15) is 9.90 Å². The summed E-state index contributed by atoms with van der Waals surface area (Å²) in [6, 6.07) is 16.9. The quantitative estimate of drug-likeness (QED) is 0.802. The van der Waals surface area contributed by atoms with Crippen molar-refractivity contribution >= 4 is 16.9 Å². The van der Waals surface area contributed by atoms with Crippen LogP contribution in [-0.2, 0) is 6.54 Å². The molecule has 3 aromatic rings. The van der Waals surface area contributed by atoms with Gasteiger partial charge in [-0.25, -0.2) is 4.79 Å². The van der Waals surface area contributed by atoms with Gasteiger partial charge in [0.2, 0.25) is 0 Å². The van der Waals surface area contributed by atoms with E-state index in [2.05, 4.69) is 6.07 Å². The Morgan fingerprint density at radius 2 is 2.00 bits per heavy atom. The predicted molar refractivity (Wildman–Crippen MR) is 83.9 cm³/mol. The van der Waals surface area contributed by atoms with Crippen LogP contribution in [0, 0.1) is 18.3 Å². The van der Waals surface area contributed by atoms with E-state index < -0.39 is 5.97 Å². The second-order valence-corrected chi connectivity index (χ2v) is 5.24. The highest BCUT2D eigenvalue weighted by Gasteiger charge is 2.15. The van der Waals surface area contributed by atoms with Gasteiger partial charge in [-0.05, 0) is 42.3 Å². The Morgan fingerprint density at radius 3 is 2.73 bits per heavy atom. The van der Waals surface area contributed by atoms with Crippen LogP contribution in [-0.4, -0.2) is 15.6 Å². The number of carbonyl (C=O) groups is 1. The van der Waals surface area contributed by atoms with Gasteiger partial charge < -0.3 is 9.67 Å². The molecule has 1 heterocycles. The fraction of sp³-hybridized carbons (Fsp3) is 0.111. The SMILES string of the molecule is Cc1cccc2c1cc(C(=O)O)n2Cc1cccc(C#N)c1. The van der Waals surface area contributed by atoms with Crippen LogP contribution in [0.2, 0.25) is 0 Å². The maximum atomic E-state index is 11.5. The number of fused-ring (bicyclic) bond motifs is 1. The van der Waals surface area contributed by atoms with Crippen molar-refractivity contribution in [3.63, 3.8) is 0 Å². The summed E-state index contributed by atoms with van der Waals surface area (Å²) in [7, 11) is 0. The molecular weight excluding hydrogens is 276 g/mol.